The second-order valence-electron chi connectivity index (χ2n) is 7.82. The highest BCUT2D eigenvalue weighted by atomic mass is 35.5. The predicted molar refractivity (Wildman–Crippen MR) is 114 cm³/mol. The molecule has 0 radical (unpaired) electrons. The lowest BCUT2D eigenvalue weighted by atomic mass is 10.1. The first-order valence-electron chi connectivity index (χ1n) is 10.3. The van der Waals surface area contributed by atoms with Crippen molar-refractivity contribution in [3.63, 3.8) is 0 Å². The number of ether oxygens (including phenoxy) is 1. The third kappa shape index (κ3) is 5.15. The molecule has 3 rings (SSSR count). The zero-order chi connectivity index (χ0) is 20.1. The summed E-state index contributed by atoms with van der Waals surface area (Å²) >= 11 is 6.48. The molecule has 1 aliphatic carbocycles. The van der Waals surface area contributed by atoms with Gasteiger partial charge in [0.05, 0.1) is 12.4 Å². The Morgan fingerprint density at radius 1 is 1.21 bits per heavy atom. The highest BCUT2D eigenvalue weighted by Gasteiger charge is 2.31. The number of rotatable bonds is 9. The lowest BCUT2D eigenvalue weighted by Crippen LogP contribution is -2.40. The van der Waals surface area contributed by atoms with Crippen molar-refractivity contribution < 1.29 is 13.2 Å². The zero-order valence-corrected chi connectivity index (χ0v) is 18.4. The summed E-state index contributed by atoms with van der Waals surface area (Å²) in [5, 5.41) is 0.650. The Morgan fingerprint density at radius 3 is 2.64 bits per heavy atom. The lowest BCUT2D eigenvalue weighted by Gasteiger charge is -2.29. The van der Waals surface area contributed by atoms with Crippen LogP contribution in [0.2, 0.25) is 5.02 Å². The van der Waals surface area contributed by atoms with Crippen molar-refractivity contribution in [3.8, 4) is 5.75 Å². The molecule has 1 aromatic rings. The van der Waals surface area contributed by atoms with Crippen LogP contribution in [0.15, 0.2) is 30.6 Å². The van der Waals surface area contributed by atoms with Crippen LogP contribution in [0.4, 0.5) is 0 Å². The summed E-state index contributed by atoms with van der Waals surface area (Å²) in [4.78, 5) is 1.99. The minimum atomic E-state index is -3.28. The Labute approximate surface area is 174 Å². The molecular weight excluding hydrogens is 396 g/mol. The average Bonchev–Trinajstić information content (AvgIpc) is 3.31. The smallest absolute Gasteiger partial charge is 0.236 e. The summed E-state index contributed by atoms with van der Waals surface area (Å²) in [5.41, 5.74) is 0.958. The highest BCUT2D eigenvalue weighted by Crippen LogP contribution is 2.29. The number of sulfonamides is 1. The van der Waals surface area contributed by atoms with Gasteiger partial charge >= 0.3 is 0 Å². The summed E-state index contributed by atoms with van der Waals surface area (Å²) < 4.78 is 32.4. The quantitative estimate of drug-likeness (QED) is 0.559. The van der Waals surface area contributed by atoms with Gasteiger partial charge in [0.15, 0.2) is 0 Å². The molecule has 28 heavy (non-hydrogen) atoms. The van der Waals surface area contributed by atoms with Gasteiger partial charge in [0, 0.05) is 24.0 Å². The molecule has 0 bridgehead atoms. The molecular formula is C21H31ClN2O3S. The summed E-state index contributed by atoms with van der Waals surface area (Å²) in [6, 6.07) is 5.80. The first kappa shape index (κ1) is 21.3. The summed E-state index contributed by atoms with van der Waals surface area (Å²) in [6.45, 7) is 5.20. The van der Waals surface area contributed by atoms with E-state index in [0.29, 0.717) is 23.9 Å². The molecule has 1 unspecified atom stereocenters. The van der Waals surface area contributed by atoms with E-state index >= 15 is 0 Å². The monoisotopic (exact) mass is 426 g/mol. The van der Waals surface area contributed by atoms with E-state index in [1.54, 1.807) is 6.20 Å². The third-order valence-corrected chi connectivity index (χ3v) is 7.89. The van der Waals surface area contributed by atoms with Crippen LogP contribution in [0.1, 0.15) is 57.9 Å². The van der Waals surface area contributed by atoms with Gasteiger partial charge in [-0.2, -0.15) is 0 Å². The molecule has 0 aromatic heterocycles. The van der Waals surface area contributed by atoms with E-state index in [2.05, 4.69) is 0 Å². The van der Waals surface area contributed by atoms with Gasteiger partial charge < -0.3 is 9.64 Å². The van der Waals surface area contributed by atoms with Gasteiger partial charge in [0.25, 0.3) is 0 Å². The van der Waals surface area contributed by atoms with Gasteiger partial charge in [-0.1, -0.05) is 43.9 Å². The second kappa shape index (κ2) is 9.40. The molecule has 1 saturated carbocycles. The molecule has 7 heteroatoms. The maximum Gasteiger partial charge on any atom is 0.236 e. The van der Waals surface area contributed by atoms with E-state index in [1.807, 2.05) is 43.1 Å². The van der Waals surface area contributed by atoms with Gasteiger partial charge in [-0.05, 0) is 49.8 Å². The highest BCUT2D eigenvalue weighted by molar-refractivity contribution is 7.89. The van der Waals surface area contributed by atoms with Gasteiger partial charge in [-0.15, -0.1) is 0 Å². The van der Waals surface area contributed by atoms with Gasteiger partial charge in [-0.25, -0.2) is 8.42 Å². The van der Waals surface area contributed by atoms with Crippen molar-refractivity contribution in [2.75, 3.05) is 12.4 Å². The fraction of sp³-hybridized carbons (Fsp3) is 0.619. The fourth-order valence-corrected chi connectivity index (χ4v) is 5.74. The van der Waals surface area contributed by atoms with E-state index in [1.165, 1.54) is 30.0 Å². The largest absolute Gasteiger partial charge is 0.493 e. The standard InChI is InChI=1S/C21H31ClN2O3S/c1-3-4-13-28(25,26)24-12-11-23(17(24)2)15-19-9-10-20(14-21(19)22)27-16-18-7-5-6-8-18/h9-12,14,17-18H,3-8,13,15-16H2,1-2H3. The molecule has 0 saturated heterocycles. The summed E-state index contributed by atoms with van der Waals surface area (Å²) in [7, 11) is -3.28. The minimum absolute atomic E-state index is 0.180. The van der Waals surface area contributed by atoms with E-state index in [9.17, 15) is 8.42 Å². The number of benzene rings is 1. The van der Waals surface area contributed by atoms with Crippen molar-refractivity contribution in [1.29, 1.82) is 0 Å². The van der Waals surface area contributed by atoms with Crippen LogP contribution in [-0.4, -0.2) is 36.1 Å². The Hall–Kier alpha value is -1.40. The molecule has 1 atom stereocenters. The normalized spacial score (nSPS) is 20.3. The Morgan fingerprint density at radius 2 is 1.96 bits per heavy atom. The molecule has 1 aliphatic heterocycles. The molecule has 0 N–H and O–H groups in total. The maximum absolute atomic E-state index is 12.5. The van der Waals surface area contributed by atoms with Crippen molar-refractivity contribution in [2.24, 2.45) is 5.92 Å². The number of hydrogen-bond donors (Lipinski definition) is 0. The van der Waals surface area contributed by atoms with Crippen LogP contribution in [0.5, 0.6) is 5.75 Å². The topological polar surface area (TPSA) is 49.9 Å². The van der Waals surface area contributed by atoms with Crippen molar-refractivity contribution >= 4 is 21.6 Å². The molecule has 1 heterocycles. The molecule has 0 amide bonds. The van der Waals surface area contributed by atoms with Gasteiger partial charge in [-0.3, -0.25) is 4.31 Å². The number of unbranched alkanes of at least 4 members (excludes halogenated alkanes) is 1. The van der Waals surface area contributed by atoms with E-state index in [-0.39, 0.29) is 11.9 Å². The molecule has 156 valence electrons. The first-order valence-corrected chi connectivity index (χ1v) is 12.3. The lowest BCUT2D eigenvalue weighted by molar-refractivity contribution is 0.227. The predicted octanol–water partition coefficient (Wildman–Crippen LogP) is 4.97. The van der Waals surface area contributed by atoms with Crippen LogP contribution >= 0.6 is 11.6 Å². The Balaban J connectivity index is 1.58. The zero-order valence-electron chi connectivity index (χ0n) is 16.8. The fourth-order valence-electron chi connectivity index (χ4n) is 3.82. The van der Waals surface area contributed by atoms with Crippen molar-refractivity contribution in [1.82, 2.24) is 9.21 Å². The average molecular weight is 427 g/mol. The molecule has 2 aliphatic rings. The maximum atomic E-state index is 12.5. The molecule has 1 fully saturated rings. The van der Waals surface area contributed by atoms with Crippen LogP contribution in [0.3, 0.4) is 0 Å². The van der Waals surface area contributed by atoms with Crippen molar-refractivity contribution in [2.45, 2.75) is 65.1 Å². The SMILES string of the molecule is CCCCS(=O)(=O)N1C=CN(Cc2ccc(OCC3CCCC3)cc2Cl)C1C. The van der Waals surface area contributed by atoms with E-state index in [4.69, 9.17) is 16.3 Å². The Bertz CT molecular complexity index is 791. The number of nitrogens with zero attached hydrogens (tertiary/aromatic N) is 2. The second-order valence-corrected chi connectivity index (χ2v) is 10.2. The van der Waals surface area contributed by atoms with Crippen molar-refractivity contribution in [3.05, 3.63) is 41.2 Å². The summed E-state index contributed by atoms with van der Waals surface area (Å²) in [5.74, 6) is 1.64. The van der Waals surface area contributed by atoms with Crippen LogP contribution < -0.4 is 4.74 Å². The van der Waals surface area contributed by atoms with Crippen LogP contribution in [0.25, 0.3) is 0 Å². The number of hydrogen-bond acceptors (Lipinski definition) is 4. The van der Waals surface area contributed by atoms with Crippen LogP contribution in [-0.2, 0) is 16.6 Å². The number of halogens is 1. The first-order chi connectivity index (χ1) is 13.4. The molecule has 1 aromatic carbocycles. The molecule has 5 nitrogen and oxygen atoms in total. The van der Waals surface area contributed by atoms with Crippen LogP contribution in [0, 0.1) is 5.92 Å². The molecule has 0 spiro atoms. The van der Waals surface area contributed by atoms with E-state index in [0.717, 1.165) is 24.3 Å². The third-order valence-electron chi connectivity index (χ3n) is 5.67. The van der Waals surface area contributed by atoms with Gasteiger partial charge in [0.2, 0.25) is 10.0 Å². The van der Waals surface area contributed by atoms with E-state index < -0.39 is 10.0 Å². The Kier molecular flexibility index (Phi) is 7.15. The van der Waals surface area contributed by atoms with Gasteiger partial charge in [0.1, 0.15) is 11.9 Å². The summed E-state index contributed by atoms with van der Waals surface area (Å²) in [6.07, 6.45) is 9.88. The minimum Gasteiger partial charge on any atom is -0.493 e.